The molecule has 3 aromatic rings. The van der Waals surface area contributed by atoms with Gasteiger partial charge in [0, 0.05) is 17.3 Å². The van der Waals surface area contributed by atoms with Crippen LogP contribution in [0.2, 0.25) is 0 Å². The number of carbonyl (C=O) groups is 4. The summed E-state index contributed by atoms with van der Waals surface area (Å²) in [5.41, 5.74) is 2.53. The van der Waals surface area contributed by atoms with Crippen molar-refractivity contribution in [2.75, 3.05) is 25.6 Å². The number of amides is 3. The van der Waals surface area contributed by atoms with Crippen LogP contribution in [0.15, 0.2) is 63.9 Å². The lowest BCUT2D eigenvalue weighted by molar-refractivity contribution is -0.127. The summed E-state index contributed by atoms with van der Waals surface area (Å²) in [6.07, 6.45) is 1.47. The number of aryl methyl sites for hydroxylation is 1. The number of rotatable bonds is 8. The van der Waals surface area contributed by atoms with E-state index in [4.69, 9.17) is 13.9 Å². The first-order valence-electron chi connectivity index (χ1n) is 11.4. The highest BCUT2D eigenvalue weighted by Crippen LogP contribution is 2.34. The van der Waals surface area contributed by atoms with Crippen molar-refractivity contribution in [3.05, 3.63) is 76.4 Å². The lowest BCUT2D eigenvalue weighted by atomic mass is 10.0. The van der Waals surface area contributed by atoms with E-state index >= 15 is 0 Å². The molecule has 0 spiro atoms. The van der Waals surface area contributed by atoms with E-state index in [0.717, 1.165) is 27.8 Å². The summed E-state index contributed by atoms with van der Waals surface area (Å²) in [5.74, 6) is 0.0712. The zero-order valence-electron chi connectivity index (χ0n) is 20.4. The van der Waals surface area contributed by atoms with Crippen molar-refractivity contribution in [2.24, 2.45) is 0 Å². The molecular weight excluding hydrogens is 496 g/mol. The van der Waals surface area contributed by atoms with Gasteiger partial charge in [-0.15, -0.1) is 0 Å². The fraction of sp³-hybridized carbons (Fsp3) is 0.185. The van der Waals surface area contributed by atoms with Gasteiger partial charge >= 0.3 is 5.97 Å². The van der Waals surface area contributed by atoms with Gasteiger partial charge in [0.1, 0.15) is 23.8 Å². The zero-order valence-corrected chi connectivity index (χ0v) is 21.2. The number of thioether (sulfide) groups is 1. The minimum absolute atomic E-state index is 0.150. The normalized spacial score (nSPS) is 14.2. The third-order valence-electron chi connectivity index (χ3n) is 5.44. The van der Waals surface area contributed by atoms with Gasteiger partial charge in [-0.3, -0.25) is 19.3 Å². The number of ether oxygens (including phenoxy) is 2. The first-order chi connectivity index (χ1) is 17.8. The molecule has 0 saturated carbocycles. The summed E-state index contributed by atoms with van der Waals surface area (Å²) >= 11 is 0.739. The molecule has 3 amide bonds. The molecule has 0 atom stereocenters. The molecule has 1 aliphatic rings. The number of esters is 1. The van der Waals surface area contributed by atoms with Crippen LogP contribution in [0.3, 0.4) is 0 Å². The Morgan fingerprint density at radius 2 is 1.84 bits per heavy atom. The maximum absolute atomic E-state index is 12.8. The second-order valence-electron chi connectivity index (χ2n) is 8.00. The number of benzene rings is 2. The van der Waals surface area contributed by atoms with Crippen LogP contribution in [-0.2, 0) is 14.3 Å². The summed E-state index contributed by atoms with van der Waals surface area (Å²) in [6, 6.07) is 15.3. The lowest BCUT2D eigenvalue weighted by Gasteiger charge is -2.12. The molecular formula is C27H24N2O7S. The molecule has 1 aliphatic heterocycles. The topological polar surface area (TPSA) is 115 Å². The number of furan rings is 1. The van der Waals surface area contributed by atoms with Crippen LogP contribution in [-0.4, -0.2) is 48.2 Å². The number of carbonyl (C=O) groups excluding carboxylic acids is 4. The van der Waals surface area contributed by atoms with Gasteiger partial charge in [0.25, 0.3) is 11.1 Å². The number of nitrogens with zero attached hydrogens (tertiary/aromatic N) is 1. The van der Waals surface area contributed by atoms with E-state index in [1.165, 1.54) is 13.2 Å². The van der Waals surface area contributed by atoms with Crippen LogP contribution in [0.1, 0.15) is 28.6 Å². The summed E-state index contributed by atoms with van der Waals surface area (Å²) < 4.78 is 16.0. The Morgan fingerprint density at radius 1 is 1.08 bits per heavy atom. The molecule has 37 heavy (non-hydrogen) atoms. The number of anilines is 1. The van der Waals surface area contributed by atoms with Crippen molar-refractivity contribution in [2.45, 2.75) is 13.8 Å². The van der Waals surface area contributed by atoms with Crippen LogP contribution < -0.4 is 10.1 Å². The van der Waals surface area contributed by atoms with Gasteiger partial charge in [0.05, 0.1) is 24.2 Å². The minimum atomic E-state index is -0.576. The Labute approximate surface area is 217 Å². The highest BCUT2D eigenvalue weighted by Gasteiger charge is 2.36. The second kappa shape index (κ2) is 11.2. The van der Waals surface area contributed by atoms with E-state index in [-0.39, 0.29) is 4.91 Å². The van der Waals surface area contributed by atoms with Crippen LogP contribution in [0.4, 0.5) is 10.5 Å². The van der Waals surface area contributed by atoms with E-state index in [9.17, 15) is 19.2 Å². The standard InChI is InChI=1S/C27H24N2O7S/c1-4-35-19-8-6-18(7-9-19)28-24(30)15-29-25(31)23(37-27(29)33)14-20-10-12-22(36-20)21-11-5-17(13-16(21)2)26(32)34-3/h5-14H,4,15H2,1-3H3,(H,28,30). The van der Waals surface area contributed by atoms with Crippen molar-refractivity contribution in [1.29, 1.82) is 0 Å². The largest absolute Gasteiger partial charge is 0.494 e. The molecule has 10 heteroatoms. The summed E-state index contributed by atoms with van der Waals surface area (Å²) in [4.78, 5) is 50.5. The van der Waals surface area contributed by atoms with Crippen molar-refractivity contribution in [3.63, 3.8) is 0 Å². The molecule has 190 valence electrons. The molecule has 0 unspecified atom stereocenters. The van der Waals surface area contributed by atoms with Crippen molar-refractivity contribution >= 4 is 46.5 Å². The van der Waals surface area contributed by atoms with Crippen LogP contribution in [0.5, 0.6) is 5.75 Å². The average Bonchev–Trinajstić information content (AvgIpc) is 3.44. The minimum Gasteiger partial charge on any atom is -0.494 e. The third-order valence-corrected chi connectivity index (χ3v) is 6.34. The fourth-order valence-electron chi connectivity index (χ4n) is 3.67. The smallest absolute Gasteiger partial charge is 0.337 e. The third kappa shape index (κ3) is 5.92. The fourth-order valence-corrected chi connectivity index (χ4v) is 4.49. The molecule has 1 N–H and O–H groups in total. The van der Waals surface area contributed by atoms with Crippen LogP contribution in [0.25, 0.3) is 17.4 Å². The number of hydrogen-bond donors (Lipinski definition) is 1. The molecule has 2 heterocycles. The number of nitrogens with one attached hydrogen (secondary N) is 1. The Bertz CT molecular complexity index is 1390. The number of hydrogen-bond acceptors (Lipinski definition) is 8. The predicted octanol–water partition coefficient (Wildman–Crippen LogP) is 5.12. The van der Waals surface area contributed by atoms with Gasteiger partial charge < -0.3 is 19.2 Å². The summed E-state index contributed by atoms with van der Waals surface area (Å²) in [5, 5.41) is 2.13. The first kappa shape index (κ1) is 25.8. The molecule has 0 aliphatic carbocycles. The molecule has 2 aromatic carbocycles. The highest BCUT2D eigenvalue weighted by molar-refractivity contribution is 8.18. The monoisotopic (exact) mass is 520 g/mol. The zero-order chi connectivity index (χ0) is 26.5. The SMILES string of the molecule is CCOc1ccc(NC(=O)CN2C(=O)SC(=Cc3ccc(-c4ccc(C(=O)OC)cc4C)o3)C2=O)cc1. The van der Waals surface area contributed by atoms with E-state index in [2.05, 4.69) is 5.32 Å². The van der Waals surface area contributed by atoms with Gasteiger partial charge in [-0.1, -0.05) is 6.07 Å². The molecule has 9 nitrogen and oxygen atoms in total. The molecule has 1 aromatic heterocycles. The summed E-state index contributed by atoms with van der Waals surface area (Å²) in [7, 11) is 1.32. The number of methoxy groups -OCH3 is 1. The molecule has 0 radical (unpaired) electrons. The molecule has 4 rings (SSSR count). The van der Waals surface area contributed by atoms with Gasteiger partial charge in [0.15, 0.2) is 0 Å². The van der Waals surface area contributed by atoms with Gasteiger partial charge in [-0.2, -0.15) is 0 Å². The maximum atomic E-state index is 12.8. The van der Waals surface area contributed by atoms with Gasteiger partial charge in [-0.05, 0) is 79.7 Å². The Morgan fingerprint density at radius 3 is 2.51 bits per heavy atom. The van der Waals surface area contributed by atoms with E-state index < -0.39 is 29.6 Å². The van der Waals surface area contributed by atoms with Crippen LogP contribution in [0, 0.1) is 6.92 Å². The Balaban J connectivity index is 1.42. The van der Waals surface area contributed by atoms with Crippen molar-refractivity contribution in [1.82, 2.24) is 4.90 Å². The van der Waals surface area contributed by atoms with E-state index in [0.29, 0.717) is 35.1 Å². The van der Waals surface area contributed by atoms with Gasteiger partial charge in [0.2, 0.25) is 5.91 Å². The highest BCUT2D eigenvalue weighted by atomic mass is 32.2. The Hall–Kier alpha value is -4.31. The summed E-state index contributed by atoms with van der Waals surface area (Å²) in [6.45, 7) is 3.83. The number of imide groups is 1. The van der Waals surface area contributed by atoms with Crippen molar-refractivity contribution < 1.29 is 33.1 Å². The quantitative estimate of drug-likeness (QED) is 0.322. The predicted molar refractivity (Wildman–Crippen MR) is 139 cm³/mol. The van der Waals surface area contributed by atoms with Crippen LogP contribution >= 0.6 is 11.8 Å². The lowest BCUT2D eigenvalue weighted by Crippen LogP contribution is -2.36. The first-order valence-corrected chi connectivity index (χ1v) is 12.2. The molecule has 1 saturated heterocycles. The Kier molecular flexibility index (Phi) is 7.78. The van der Waals surface area contributed by atoms with Gasteiger partial charge in [-0.25, -0.2) is 4.79 Å². The van der Waals surface area contributed by atoms with Crippen molar-refractivity contribution in [3.8, 4) is 17.1 Å². The molecule has 1 fully saturated rings. The molecule has 0 bridgehead atoms. The maximum Gasteiger partial charge on any atom is 0.337 e. The second-order valence-corrected chi connectivity index (χ2v) is 8.99. The van der Waals surface area contributed by atoms with E-state index in [1.807, 2.05) is 13.8 Å². The average molecular weight is 521 g/mol. The van der Waals surface area contributed by atoms with E-state index in [1.54, 1.807) is 54.6 Å².